The molecule has 0 atom stereocenters. The van der Waals surface area contributed by atoms with E-state index in [2.05, 4.69) is 21.2 Å². The molecule has 2 aromatic rings. The van der Waals surface area contributed by atoms with Crippen molar-refractivity contribution in [2.75, 3.05) is 11.9 Å². The second kappa shape index (κ2) is 6.81. The summed E-state index contributed by atoms with van der Waals surface area (Å²) >= 11 is 8.44. The number of anilines is 1. The van der Waals surface area contributed by atoms with Gasteiger partial charge in [0.2, 0.25) is 0 Å². The molecule has 5 heteroatoms. The molecule has 3 N–H and O–H groups in total. The maximum Gasteiger partial charge on any atom is 0.123 e. The zero-order chi connectivity index (χ0) is 14.5. The highest BCUT2D eigenvalue weighted by molar-refractivity contribution is 9.10. The lowest BCUT2D eigenvalue weighted by Crippen LogP contribution is -2.14. The number of benzene rings is 2. The first kappa shape index (κ1) is 14.9. The molecule has 20 heavy (non-hydrogen) atoms. The minimum atomic E-state index is -0.217. The molecule has 104 valence electrons. The smallest absolute Gasteiger partial charge is 0.123 e. The molecule has 0 saturated carbocycles. The third kappa shape index (κ3) is 4.02. The summed E-state index contributed by atoms with van der Waals surface area (Å²) in [6.07, 6.45) is 0.799. The van der Waals surface area contributed by atoms with E-state index in [4.69, 9.17) is 18.0 Å². The van der Waals surface area contributed by atoms with Crippen LogP contribution in [0.15, 0.2) is 46.9 Å². The summed E-state index contributed by atoms with van der Waals surface area (Å²) in [7, 11) is 0. The Kier molecular flexibility index (Phi) is 5.09. The Morgan fingerprint density at radius 3 is 2.55 bits per heavy atom. The van der Waals surface area contributed by atoms with Crippen LogP contribution in [-0.4, -0.2) is 11.5 Å². The first-order valence-electron chi connectivity index (χ1n) is 6.14. The van der Waals surface area contributed by atoms with Gasteiger partial charge in [0.1, 0.15) is 10.8 Å². The van der Waals surface area contributed by atoms with Crippen LogP contribution >= 0.6 is 28.1 Å². The van der Waals surface area contributed by atoms with Crippen molar-refractivity contribution in [3.8, 4) is 0 Å². The van der Waals surface area contributed by atoms with E-state index in [1.807, 2.05) is 18.2 Å². The Labute approximate surface area is 131 Å². The van der Waals surface area contributed by atoms with E-state index in [1.54, 1.807) is 12.1 Å². The molecule has 0 aliphatic carbocycles. The second-order valence-corrected chi connectivity index (χ2v) is 5.71. The van der Waals surface area contributed by atoms with E-state index in [0.29, 0.717) is 4.99 Å². The molecule has 2 aromatic carbocycles. The average Bonchev–Trinajstić information content (AvgIpc) is 2.42. The van der Waals surface area contributed by atoms with Crippen LogP contribution in [0.1, 0.15) is 11.1 Å². The van der Waals surface area contributed by atoms with Crippen molar-refractivity contribution >= 4 is 38.8 Å². The standard InChI is InChI=1S/C15H14BrFN2S/c16-11-3-6-14(13(9-11)15(18)20)19-8-7-10-1-4-12(17)5-2-10/h1-6,9,19H,7-8H2,(H2,18,20). The summed E-state index contributed by atoms with van der Waals surface area (Å²) in [6, 6.07) is 12.3. The van der Waals surface area contributed by atoms with Gasteiger partial charge in [-0.05, 0) is 42.3 Å². The van der Waals surface area contributed by atoms with Gasteiger partial charge in [0.15, 0.2) is 0 Å². The molecule has 0 heterocycles. The van der Waals surface area contributed by atoms with Crippen molar-refractivity contribution in [1.82, 2.24) is 0 Å². The highest BCUT2D eigenvalue weighted by atomic mass is 79.9. The Hall–Kier alpha value is -1.46. The van der Waals surface area contributed by atoms with Gasteiger partial charge in [0.05, 0.1) is 0 Å². The SMILES string of the molecule is NC(=S)c1cc(Br)ccc1NCCc1ccc(F)cc1. The fraction of sp³-hybridized carbons (Fsp3) is 0.133. The first-order chi connectivity index (χ1) is 9.56. The van der Waals surface area contributed by atoms with Gasteiger partial charge in [-0.2, -0.15) is 0 Å². The summed E-state index contributed by atoms with van der Waals surface area (Å²) in [5, 5.41) is 3.30. The van der Waals surface area contributed by atoms with Crippen LogP contribution in [0.5, 0.6) is 0 Å². The second-order valence-electron chi connectivity index (χ2n) is 4.36. The van der Waals surface area contributed by atoms with Crippen molar-refractivity contribution in [3.63, 3.8) is 0 Å². The minimum absolute atomic E-state index is 0.217. The molecule has 2 rings (SSSR count). The summed E-state index contributed by atoms with van der Waals surface area (Å²) in [4.78, 5) is 0.357. The lowest BCUT2D eigenvalue weighted by Gasteiger charge is -2.11. The van der Waals surface area contributed by atoms with Crippen molar-refractivity contribution in [1.29, 1.82) is 0 Å². The Bertz CT molecular complexity index is 614. The molecule has 0 saturated heterocycles. The Morgan fingerprint density at radius 2 is 1.90 bits per heavy atom. The molecule has 0 fully saturated rings. The molecule has 0 amide bonds. The van der Waals surface area contributed by atoms with Crippen molar-refractivity contribution in [2.24, 2.45) is 5.73 Å². The number of nitrogens with one attached hydrogen (secondary N) is 1. The molecule has 2 nitrogen and oxygen atoms in total. The lowest BCUT2D eigenvalue weighted by atomic mass is 10.1. The number of hydrogen-bond acceptors (Lipinski definition) is 2. The molecule has 0 aliphatic rings. The van der Waals surface area contributed by atoms with Crippen LogP contribution in [0.2, 0.25) is 0 Å². The lowest BCUT2D eigenvalue weighted by molar-refractivity contribution is 0.627. The number of halogens is 2. The summed E-state index contributed by atoms with van der Waals surface area (Å²) in [6.45, 7) is 0.725. The quantitative estimate of drug-likeness (QED) is 0.802. The summed E-state index contributed by atoms with van der Waals surface area (Å²) in [5.74, 6) is -0.217. The molecule has 0 spiro atoms. The molecular formula is C15H14BrFN2S. The zero-order valence-electron chi connectivity index (χ0n) is 10.7. The van der Waals surface area contributed by atoms with Gasteiger partial charge < -0.3 is 11.1 Å². The van der Waals surface area contributed by atoms with Crippen LogP contribution in [0, 0.1) is 5.82 Å². The zero-order valence-corrected chi connectivity index (χ0v) is 13.1. The van der Waals surface area contributed by atoms with Gasteiger partial charge in [-0.25, -0.2) is 4.39 Å². The molecule has 0 bridgehead atoms. The maximum atomic E-state index is 12.8. The predicted octanol–water partition coefficient (Wildman–Crippen LogP) is 3.88. The molecule has 0 aromatic heterocycles. The van der Waals surface area contributed by atoms with Gasteiger partial charge in [-0.1, -0.05) is 40.3 Å². The van der Waals surface area contributed by atoms with Gasteiger partial charge in [-0.3, -0.25) is 0 Å². The maximum absolute atomic E-state index is 12.8. The monoisotopic (exact) mass is 352 g/mol. The van der Waals surface area contributed by atoms with Gasteiger partial charge in [0, 0.05) is 22.3 Å². The molecular weight excluding hydrogens is 339 g/mol. The highest BCUT2D eigenvalue weighted by Gasteiger charge is 2.05. The summed E-state index contributed by atoms with van der Waals surface area (Å²) < 4.78 is 13.7. The van der Waals surface area contributed by atoms with E-state index in [9.17, 15) is 4.39 Å². The van der Waals surface area contributed by atoms with Crippen LogP contribution in [-0.2, 0) is 6.42 Å². The van der Waals surface area contributed by atoms with Crippen LogP contribution in [0.25, 0.3) is 0 Å². The normalized spacial score (nSPS) is 10.3. The molecule has 0 radical (unpaired) electrons. The highest BCUT2D eigenvalue weighted by Crippen LogP contribution is 2.21. The fourth-order valence-corrected chi connectivity index (χ4v) is 2.40. The number of thiocarbonyl (C=S) groups is 1. The van der Waals surface area contributed by atoms with Crippen molar-refractivity contribution in [3.05, 3.63) is 63.9 Å². The Balaban J connectivity index is 2.00. The van der Waals surface area contributed by atoms with E-state index < -0.39 is 0 Å². The van der Waals surface area contributed by atoms with Gasteiger partial charge >= 0.3 is 0 Å². The van der Waals surface area contributed by atoms with E-state index in [0.717, 1.165) is 34.3 Å². The average molecular weight is 353 g/mol. The largest absolute Gasteiger partial charge is 0.389 e. The third-order valence-electron chi connectivity index (χ3n) is 2.89. The van der Waals surface area contributed by atoms with E-state index in [1.165, 1.54) is 12.1 Å². The summed E-state index contributed by atoms with van der Waals surface area (Å²) in [5.41, 5.74) is 8.51. The number of nitrogens with two attached hydrogens (primary N) is 1. The Morgan fingerprint density at radius 1 is 1.20 bits per heavy atom. The fourth-order valence-electron chi connectivity index (χ4n) is 1.87. The first-order valence-corrected chi connectivity index (χ1v) is 7.34. The van der Waals surface area contributed by atoms with Crippen LogP contribution in [0.3, 0.4) is 0 Å². The number of rotatable bonds is 5. The van der Waals surface area contributed by atoms with E-state index in [-0.39, 0.29) is 5.82 Å². The van der Waals surface area contributed by atoms with Gasteiger partial charge in [-0.15, -0.1) is 0 Å². The van der Waals surface area contributed by atoms with Crippen LogP contribution in [0.4, 0.5) is 10.1 Å². The topological polar surface area (TPSA) is 38.0 Å². The predicted molar refractivity (Wildman–Crippen MR) is 88.6 cm³/mol. The minimum Gasteiger partial charge on any atom is -0.389 e. The van der Waals surface area contributed by atoms with Crippen molar-refractivity contribution in [2.45, 2.75) is 6.42 Å². The van der Waals surface area contributed by atoms with Gasteiger partial charge in [0.25, 0.3) is 0 Å². The molecule has 0 aliphatic heterocycles. The van der Waals surface area contributed by atoms with Crippen molar-refractivity contribution < 1.29 is 4.39 Å². The number of hydrogen-bond donors (Lipinski definition) is 2. The molecule has 0 unspecified atom stereocenters. The third-order valence-corrected chi connectivity index (χ3v) is 3.60. The van der Waals surface area contributed by atoms with Crippen LogP contribution < -0.4 is 11.1 Å². The van der Waals surface area contributed by atoms with E-state index >= 15 is 0 Å².